The normalized spacial score (nSPS) is 15.8. The highest BCUT2D eigenvalue weighted by atomic mass is 35.5. The molecule has 0 N–H and O–H groups in total. The van der Waals surface area contributed by atoms with Gasteiger partial charge in [-0.2, -0.15) is 13.2 Å². The minimum absolute atomic E-state index is 0.306. The SMILES string of the molecule is Cc1sc(C2(c3ccccc3C(F)(F)F)CC2)nc1-c1ccc(Cl)cc1Cl. The first-order valence-electron chi connectivity index (χ1n) is 8.32. The van der Waals surface area contributed by atoms with Gasteiger partial charge in [-0.15, -0.1) is 11.3 Å². The van der Waals surface area contributed by atoms with Crippen LogP contribution in [0, 0.1) is 6.92 Å². The van der Waals surface area contributed by atoms with E-state index in [1.807, 2.05) is 6.92 Å². The largest absolute Gasteiger partial charge is 0.416 e. The van der Waals surface area contributed by atoms with Crippen LogP contribution in [0.1, 0.15) is 33.9 Å². The van der Waals surface area contributed by atoms with E-state index < -0.39 is 17.2 Å². The number of thiazole rings is 1. The number of aryl methyl sites for hydroxylation is 1. The zero-order valence-electron chi connectivity index (χ0n) is 14.2. The van der Waals surface area contributed by atoms with Crippen LogP contribution in [0.15, 0.2) is 42.5 Å². The lowest BCUT2D eigenvalue weighted by Gasteiger charge is -2.19. The summed E-state index contributed by atoms with van der Waals surface area (Å²) in [6, 6.07) is 11.0. The van der Waals surface area contributed by atoms with E-state index in [4.69, 9.17) is 28.2 Å². The molecule has 0 spiro atoms. The molecule has 1 aliphatic rings. The van der Waals surface area contributed by atoms with Crippen molar-refractivity contribution in [1.82, 2.24) is 4.98 Å². The van der Waals surface area contributed by atoms with Gasteiger partial charge in [-0.3, -0.25) is 0 Å². The number of rotatable bonds is 3. The maximum atomic E-state index is 13.5. The lowest BCUT2D eigenvalue weighted by atomic mass is 9.91. The van der Waals surface area contributed by atoms with Gasteiger partial charge in [0.2, 0.25) is 0 Å². The fourth-order valence-corrected chi connectivity index (χ4v) is 5.09. The number of alkyl halides is 3. The number of nitrogens with zero attached hydrogens (tertiary/aromatic N) is 1. The van der Waals surface area contributed by atoms with Crippen LogP contribution in [0.4, 0.5) is 13.2 Å². The Morgan fingerprint density at radius 2 is 1.78 bits per heavy atom. The molecule has 0 unspecified atom stereocenters. The summed E-state index contributed by atoms with van der Waals surface area (Å²) in [5, 5.41) is 1.70. The van der Waals surface area contributed by atoms with Gasteiger partial charge in [-0.05, 0) is 49.6 Å². The van der Waals surface area contributed by atoms with Crippen molar-refractivity contribution < 1.29 is 13.2 Å². The molecule has 1 aromatic heterocycles. The first-order chi connectivity index (χ1) is 12.7. The number of benzene rings is 2. The summed E-state index contributed by atoms with van der Waals surface area (Å²) >= 11 is 13.7. The quantitative estimate of drug-likeness (QED) is 0.420. The average molecular weight is 428 g/mol. The molecule has 0 atom stereocenters. The van der Waals surface area contributed by atoms with Crippen LogP contribution < -0.4 is 0 Å². The summed E-state index contributed by atoms with van der Waals surface area (Å²) in [6.07, 6.45) is -3.08. The van der Waals surface area contributed by atoms with E-state index in [-0.39, 0.29) is 0 Å². The Balaban J connectivity index is 1.82. The fraction of sp³-hybridized carbons (Fsp3) is 0.250. The van der Waals surface area contributed by atoms with Crippen molar-refractivity contribution in [2.24, 2.45) is 0 Å². The highest BCUT2D eigenvalue weighted by Crippen LogP contribution is 2.57. The Hall–Kier alpha value is -1.56. The Bertz CT molecular complexity index is 1020. The minimum atomic E-state index is -4.39. The zero-order valence-corrected chi connectivity index (χ0v) is 16.5. The van der Waals surface area contributed by atoms with Crippen molar-refractivity contribution in [2.75, 3.05) is 0 Å². The summed E-state index contributed by atoms with van der Waals surface area (Å²) in [4.78, 5) is 5.65. The third-order valence-electron chi connectivity index (χ3n) is 4.89. The highest BCUT2D eigenvalue weighted by molar-refractivity contribution is 7.12. The third kappa shape index (κ3) is 3.26. The van der Waals surface area contributed by atoms with E-state index >= 15 is 0 Å². The molecular formula is C20H14Cl2F3NS. The Kier molecular flexibility index (Phi) is 4.53. The summed E-state index contributed by atoms with van der Waals surface area (Å²) in [5.41, 5.74) is 0.494. The van der Waals surface area contributed by atoms with Gasteiger partial charge >= 0.3 is 6.18 Å². The molecule has 2 aromatic carbocycles. The molecule has 4 rings (SSSR count). The zero-order chi connectivity index (χ0) is 19.4. The number of hydrogen-bond donors (Lipinski definition) is 0. The predicted octanol–water partition coefficient (Wildman–Crippen LogP) is 7.52. The van der Waals surface area contributed by atoms with Gasteiger partial charge in [0.05, 0.1) is 16.3 Å². The van der Waals surface area contributed by atoms with Crippen molar-refractivity contribution in [3.63, 3.8) is 0 Å². The van der Waals surface area contributed by atoms with Crippen LogP contribution in [-0.4, -0.2) is 4.98 Å². The Morgan fingerprint density at radius 3 is 2.41 bits per heavy atom. The number of hydrogen-bond acceptors (Lipinski definition) is 2. The summed E-state index contributed by atoms with van der Waals surface area (Å²) in [7, 11) is 0. The van der Waals surface area contributed by atoms with Crippen LogP contribution in [0.2, 0.25) is 10.0 Å². The van der Waals surface area contributed by atoms with Crippen molar-refractivity contribution in [1.29, 1.82) is 0 Å². The monoisotopic (exact) mass is 427 g/mol. The maximum absolute atomic E-state index is 13.5. The van der Waals surface area contributed by atoms with Crippen LogP contribution in [0.3, 0.4) is 0 Å². The van der Waals surface area contributed by atoms with Gasteiger partial charge < -0.3 is 0 Å². The van der Waals surface area contributed by atoms with Crippen LogP contribution in [0.5, 0.6) is 0 Å². The molecule has 1 nitrogen and oxygen atoms in total. The van der Waals surface area contributed by atoms with Crippen molar-refractivity contribution in [3.05, 3.63) is 73.5 Å². The molecule has 1 fully saturated rings. The molecule has 1 saturated carbocycles. The molecule has 7 heteroatoms. The lowest BCUT2D eigenvalue weighted by molar-refractivity contribution is -0.138. The second kappa shape index (κ2) is 6.50. The maximum Gasteiger partial charge on any atom is 0.416 e. The van der Waals surface area contributed by atoms with Gasteiger partial charge in [0, 0.05) is 20.9 Å². The molecule has 3 aromatic rings. The Labute approximate surface area is 168 Å². The number of halogens is 5. The van der Waals surface area contributed by atoms with Crippen molar-refractivity contribution in [3.8, 4) is 11.3 Å². The van der Waals surface area contributed by atoms with Crippen LogP contribution >= 0.6 is 34.5 Å². The second-order valence-corrected chi connectivity index (χ2v) is 8.72. The van der Waals surface area contributed by atoms with E-state index in [0.717, 1.165) is 16.5 Å². The smallest absolute Gasteiger partial charge is 0.240 e. The first-order valence-corrected chi connectivity index (χ1v) is 9.90. The van der Waals surface area contributed by atoms with E-state index in [0.29, 0.717) is 39.2 Å². The Morgan fingerprint density at radius 1 is 1.07 bits per heavy atom. The molecular weight excluding hydrogens is 414 g/mol. The molecule has 0 aliphatic heterocycles. The summed E-state index contributed by atoms with van der Waals surface area (Å²) < 4.78 is 40.5. The van der Waals surface area contributed by atoms with Crippen LogP contribution in [0.25, 0.3) is 11.3 Å². The van der Waals surface area contributed by atoms with E-state index in [1.54, 1.807) is 30.3 Å². The molecule has 0 bridgehead atoms. The fourth-order valence-electron chi connectivity index (χ4n) is 3.40. The van der Waals surface area contributed by atoms with Gasteiger partial charge in [-0.25, -0.2) is 4.98 Å². The first kappa shape index (κ1) is 18.8. The predicted molar refractivity (Wildman–Crippen MR) is 104 cm³/mol. The molecule has 0 radical (unpaired) electrons. The van der Waals surface area contributed by atoms with Crippen LogP contribution in [-0.2, 0) is 11.6 Å². The van der Waals surface area contributed by atoms with Gasteiger partial charge in [0.1, 0.15) is 5.01 Å². The van der Waals surface area contributed by atoms with Crippen molar-refractivity contribution >= 4 is 34.5 Å². The van der Waals surface area contributed by atoms with E-state index in [9.17, 15) is 13.2 Å². The molecule has 1 heterocycles. The molecule has 0 amide bonds. The summed E-state index contributed by atoms with van der Waals surface area (Å²) in [5.74, 6) is 0. The lowest BCUT2D eigenvalue weighted by Crippen LogP contribution is -2.17. The molecule has 1 aliphatic carbocycles. The summed E-state index contributed by atoms with van der Waals surface area (Å²) in [6.45, 7) is 1.91. The molecule has 27 heavy (non-hydrogen) atoms. The van der Waals surface area contributed by atoms with E-state index in [2.05, 4.69) is 0 Å². The molecule has 0 saturated heterocycles. The van der Waals surface area contributed by atoms with Gasteiger partial charge in [0.15, 0.2) is 0 Å². The highest BCUT2D eigenvalue weighted by Gasteiger charge is 2.52. The second-order valence-electron chi connectivity index (χ2n) is 6.67. The minimum Gasteiger partial charge on any atom is -0.240 e. The van der Waals surface area contributed by atoms with Gasteiger partial charge in [-0.1, -0.05) is 41.4 Å². The topological polar surface area (TPSA) is 12.9 Å². The number of aromatic nitrogens is 1. The third-order valence-corrected chi connectivity index (χ3v) is 6.61. The van der Waals surface area contributed by atoms with Gasteiger partial charge in [0.25, 0.3) is 0 Å². The standard InChI is InChI=1S/C20H14Cl2F3NS/c1-11-17(13-7-6-12(21)10-16(13)22)26-18(27-11)19(8-9-19)14-4-2-3-5-15(14)20(23,24)25/h2-7,10H,8-9H2,1H3. The van der Waals surface area contributed by atoms with Crippen molar-refractivity contribution in [2.45, 2.75) is 31.4 Å². The van der Waals surface area contributed by atoms with E-state index in [1.165, 1.54) is 17.4 Å². The molecule has 140 valence electrons. The average Bonchev–Trinajstić information content (AvgIpc) is 3.32.